The number of rotatable bonds is 5. The van der Waals surface area contributed by atoms with Gasteiger partial charge in [0.15, 0.2) is 0 Å². The fourth-order valence-corrected chi connectivity index (χ4v) is 1.74. The van der Waals surface area contributed by atoms with Crippen LogP contribution < -0.4 is 10.6 Å². The molecule has 0 spiro atoms. The molecule has 0 unspecified atom stereocenters. The zero-order valence-corrected chi connectivity index (χ0v) is 11.6. The molecule has 2 amide bonds. The lowest BCUT2D eigenvalue weighted by Crippen LogP contribution is -2.17. The average Bonchev–Trinajstić information content (AvgIpc) is 2.89. The average molecular weight is 303 g/mol. The first-order valence-electron chi connectivity index (χ1n) is 6.28. The molecule has 0 radical (unpaired) electrons. The van der Waals surface area contributed by atoms with Crippen molar-refractivity contribution in [3.63, 3.8) is 0 Å². The molecule has 2 aromatic rings. The van der Waals surface area contributed by atoms with Crippen molar-refractivity contribution in [2.75, 3.05) is 10.6 Å². The van der Waals surface area contributed by atoms with E-state index in [-0.39, 0.29) is 24.2 Å². The summed E-state index contributed by atoms with van der Waals surface area (Å²) in [6.45, 7) is 1.31. The molecular weight excluding hydrogens is 290 g/mol. The maximum atomic E-state index is 11.8. The number of nitro groups is 1. The number of hydrogen-bond donors (Lipinski definition) is 2. The molecule has 0 fully saturated rings. The Kier molecular flexibility index (Phi) is 4.47. The van der Waals surface area contributed by atoms with Crippen LogP contribution in [0.4, 0.5) is 17.2 Å². The Balaban J connectivity index is 1.93. The van der Waals surface area contributed by atoms with Crippen molar-refractivity contribution in [2.24, 2.45) is 0 Å². The summed E-state index contributed by atoms with van der Waals surface area (Å²) in [5.74, 6) is -0.842. The summed E-state index contributed by atoms with van der Waals surface area (Å²) in [6.07, 6.45) is 2.40. The van der Waals surface area contributed by atoms with Crippen molar-refractivity contribution >= 4 is 29.0 Å². The number of nitrogens with one attached hydrogen (secondary N) is 2. The Morgan fingerprint density at radius 1 is 1.23 bits per heavy atom. The highest BCUT2D eigenvalue weighted by Gasteiger charge is 2.12. The molecule has 22 heavy (non-hydrogen) atoms. The second-order valence-electron chi connectivity index (χ2n) is 4.47. The summed E-state index contributed by atoms with van der Waals surface area (Å²) in [7, 11) is 0. The van der Waals surface area contributed by atoms with Gasteiger partial charge in [0.05, 0.1) is 0 Å². The van der Waals surface area contributed by atoms with Gasteiger partial charge < -0.3 is 25.3 Å². The molecule has 114 valence electrons. The number of nitrogens with zero attached hydrogens (tertiary/aromatic N) is 3. The van der Waals surface area contributed by atoms with Gasteiger partial charge in [-0.25, -0.2) is 0 Å². The van der Waals surface area contributed by atoms with E-state index in [0.29, 0.717) is 11.4 Å². The summed E-state index contributed by atoms with van der Waals surface area (Å²) in [4.78, 5) is 36.1. The summed E-state index contributed by atoms with van der Waals surface area (Å²) < 4.78 is 1.32. The molecule has 0 aliphatic rings. The summed E-state index contributed by atoms with van der Waals surface area (Å²) in [6, 6.07) is 6.58. The lowest BCUT2D eigenvalue weighted by molar-refractivity contribution is -0.389. The van der Waals surface area contributed by atoms with Crippen molar-refractivity contribution < 1.29 is 14.5 Å². The third-order valence-corrected chi connectivity index (χ3v) is 2.62. The van der Waals surface area contributed by atoms with Crippen LogP contribution in [0.3, 0.4) is 0 Å². The first-order chi connectivity index (χ1) is 10.4. The third-order valence-electron chi connectivity index (χ3n) is 2.62. The second kappa shape index (κ2) is 6.48. The quantitative estimate of drug-likeness (QED) is 0.639. The van der Waals surface area contributed by atoms with Gasteiger partial charge in [0.25, 0.3) is 0 Å². The van der Waals surface area contributed by atoms with E-state index < -0.39 is 4.92 Å². The number of hydrogen-bond acceptors (Lipinski definition) is 5. The minimum Gasteiger partial charge on any atom is -0.358 e. The highest BCUT2D eigenvalue weighted by atomic mass is 16.6. The maximum absolute atomic E-state index is 11.8. The highest BCUT2D eigenvalue weighted by Crippen LogP contribution is 2.13. The van der Waals surface area contributed by atoms with Gasteiger partial charge >= 0.3 is 5.82 Å². The molecule has 2 N–H and O–H groups in total. The molecule has 9 heteroatoms. The van der Waals surface area contributed by atoms with E-state index in [1.54, 1.807) is 24.3 Å². The molecule has 1 aromatic heterocycles. The Morgan fingerprint density at radius 2 is 1.82 bits per heavy atom. The van der Waals surface area contributed by atoms with E-state index in [9.17, 15) is 19.7 Å². The van der Waals surface area contributed by atoms with Gasteiger partial charge in [-0.2, -0.15) is 0 Å². The molecule has 0 saturated carbocycles. The largest absolute Gasteiger partial charge is 0.381 e. The fourth-order valence-electron chi connectivity index (χ4n) is 1.74. The second-order valence-corrected chi connectivity index (χ2v) is 4.47. The molecule has 0 bridgehead atoms. The smallest absolute Gasteiger partial charge is 0.358 e. The summed E-state index contributed by atoms with van der Waals surface area (Å²) in [5.41, 5.74) is 1.17. The van der Waals surface area contributed by atoms with E-state index >= 15 is 0 Å². The van der Waals surface area contributed by atoms with Crippen molar-refractivity contribution in [1.82, 2.24) is 9.55 Å². The van der Waals surface area contributed by atoms with Crippen LogP contribution in [-0.4, -0.2) is 26.3 Å². The Morgan fingerprint density at radius 3 is 2.32 bits per heavy atom. The van der Waals surface area contributed by atoms with E-state index in [1.807, 2.05) is 0 Å². The first kappa shape index (κ1) is 15.2. The lowest BCUT2D eigenvalue weighted by atomic mass is 10.2. The standard InChI is InChI=1S/C13H13N5O4/c1-9(19)15-10-2-4-11(5-3-10)16-13(20)7-17-6-12(14-8-17)18(21)22/h2-6,8H,7H2,1H3,(H,15,19)(H,16,20). The number of anilines is 2. The summed E-state index contributed by atoms with van der Waals surface area (Å²) in [5, 5.41) is 15.7. The normalized spacial score (nSPS) is 10.0. The van der Waals surface area contributed by atoms with E-state index in [1.165, 1.54) is 24.0 Å². The number of imidazole rings is 1. The SMILES string of the molecule is CC(=O)Nc1ccc(NC(=O)Cn2cnc([N+](=O)[O-])c2)cc1. The predicted molar refractivity (Wildman–Crippen MR) is 78.3 cm³/mol. The van der Waals surface area contributed by atoms with E-state index in [0.717, 1.165) is 0 Å². The monoisotopic (exact) mass is 303 g/mol. The van der Waals surface area contributed by atoms with Gasteiger partial charge in [0.1, 0.15) is 12.7 Å². The van der Waals surface area contributed by atoms with Crippen LogP contribution in [0, 0.1) is 10.1 Å². The number of benzene rings is 1. The molecule has 0 aliphatic heterocycles. The minimum atomic E-state index is -0.630. The van der Waals surface area contributed by atoms with Crippen molar-refractivity contribution in [1.29, 1.82) is 0 Å². The van der Waals surface area contributed by atoms with Crippen molar-refractivity contribution in [2.45, 2.75) is 13.5 Å². The number of carbonyl (C=O) groups excluding carboxylic acids is 2. The number of amides is 2. The molecule has 2 rings (SSSR count). The van der Waals surface area contributed by atoms with Gasteiger partial charge in [-0.3, -0.25) is 9.59 Å². The van der Waals surface area contributed by atoms with Gasteiger partial charge in [-0.15, -0.1) is 0 Å². The molecule has 1 aromatic carbocycles. The molecule has 1 heterocycles. The van der Waals surface area contributed by atoms with Crippen LogP contribution in [0.5, 0.6) is 0 Å². The van der Waals surface area contributed by atoms with Crippen molar-refractivity contribution in [3.05, 3.63) is 46.9 Å². The highest BCUT2D eigenvalue weighted by molar-refractivity contribution is 5.92. The molecule has 0 saturated heterocycles. The van der Waals surface area contributed by atoms with Gasteiger partial charge in [0.2, 0.25) is 18.1 Å². The van der Waals surface area contributed by atoms with E-state index in [4.69, 9.17) is 0 Å². The van der Waals surface area contributed by atoms with Gasteiger partial charge in [-0.1, -0.05) is 0 Å². The minimum absolute atomic E-state index is 0.0890. The van der Waals surface area contributed by atoms with Crippen LogP contribution in [0.1, 0.15) is 6.92 Å². The molecule has 0 aliphatic carbocycles. The Bertz CT molecular complexity index is 707. The lowest BCUT2D eigenvalue weighted by Gasteiger charge is -2.07. The zero-order chi connectivity index (χ0) is 16.1. The first-order valence-corrected chi connectivity index (χ1v) is 6.28. The van der Waals surface area contributed by atoms with Crippen LogP contribution in [0.15, 0.2) is 36.8 Å². The summed E-state index contributed by atoms with van der Waals surface area (Å²) >= 11 is 0. The zero-order valence-electron chi connectivity index (χ0n) is 11.6. The van der Waals surface area contributed by atoms with Crippen LogP contribution in [0.2, 0.25) is 0 Å². The number of carbonyl (C=O) groups is 2. The fraction of sp³-hybridized carbons (Fsp3) is 0.154. The molecule has 0 atom stereocenters. The predicted octanol–water partition coefficient (Wildman–Crippen LogP) is 1.39. The molecule has 9 nitrogen and oxygen atoms in total. The maximum Gasteiger partial charge on any atom is 0.381 e. The van der Waals surface area contributed by atoms with E-state index in [2.05, 4.69) is 15.6 Å². The van der Waals surface area contributed by atoms with Gasteiger partial charge in [-0.05, 0) is 34.2 Å². The van der Waals surface area contributed by atoms with Gasteiger partial charge in [0, 0.05) is 18.3 Å². The Hall–Kier alpha value is -3.23. The van der Waals surface area contributed by atoms with Crippen molar-refractivity contribution in [3.8, 4) is 0 Å². The number of aromatic nitrogens is 2. The van der Waals surface area contributed by atoms with Crippen LogP contribution in [0.25, 0.3) is 0 Å². The topological polar surface area (TPSA) is 119 Å². The third kappa shape index (κ3) is 4.13. The molecular formula is C13H13N5O4. The van der Waals surface area contributed by atoms with Crippen LogP contribution >= 0.6 is 0 Å². The Labute approximate surface area is 125 Å². The van der Waals surface area contributed by atoms with Crippen LogP contribution in [-0.2, 0) is 16.1 Å².